The number of piperidine rings is 1. The zero-order valence-corrected chi connectivity index (χ0v) is 13.6. The van der Waals surface area contributed by atoms with E-state index in [1.807, 2.05) is 0 Å². The Morgan fingerprint density at radius 2 is 2.10 bits per heavy atom. The maximum Gasteiger partial charge on any atom is 0.0702 e. The number of hydrogen-bond donors (Lipinski definition) is 1. The lowest BCUT2D eigenvalue weighted by molar-refractivity contribution is -0.00763. The van der Waals surface area contributed by atoms with E-state index in [2.05, 4.69) is 54.4 Å². The first-order valence-electron chi connectivity index (χ1n) is 8.46. The van der Waals surface area contributed by atoms with E-state index in [-0.39, 0.29) is 0 Å². The van der Waals surface area contributed by atoms with Crippen LogP contribution in [-0.4, -0.2) is 43.8 Å². The number of rotatable bonds is 8. The van der Waals surface area contributed by atoms with Crippen LogP contribution in [0.5, 0.6) is 0 Å². The van der Waals surface area contributed by atoms with Gasteiger partial charge in [-0.15, -0.1) is 0 Å². The Hall–Kier alpha value is -0.900. The van der Waals surface area contributed by atoms with E-state index in [0.717, 1.165) is 26.2 Å². The van der Waals surface area contributed by atoms with Crippen molar-refractivity contribution in [3.63, 3.8) is 0 Å². The van der Waals surface area contributed by atoms with Crippen LogP contribution in [0.15, 0.2) is 30.3 Å². The van der Waals surface area contributed by atoms with Crippen molar-refractivity contribution in [1.29, 1.82) is 0 Å². The molecule has 3 heteroatoms. The molecule has 0 radical (unpaired) electrons. The van der Waals surface area contributed by atoms with Crippen molar-refractivity contribution in [1.82, 2.24) is 10.2 Å². The Labute approximate surface area is 129 Å². The summed E-state index contributed by atoms with van der Waals surface area (Å²) in [6.07, 6.45) is 4.03. The first kappa shape index (κ1) is 16.5. The summed E-state index contributed by atoms with van der Waals surface area (Å²) in [7, 11) is 0. The van der Waals surface area contributed by atoms with Crippen molar-refractivity contribution >= 4 is 0 Å². The van der Waals surface area contributed by atoms with Crippen LogP contribution < -0.4 is 5.32 Å². The van der Waals surface area contributed by atoms with Gasteiger partial charge < -0.3 is 10.1 Å². The van der Waals surface area contributed by atoms with E-state index >= 15 is 0 Å². The number of ether oxygens (including phenoxy) is 1. The van der Waals surface area contributed by atoms with Gasteiger partial charge in [-0.05, 0) is 44.8 Å². The molecule has 0 bridgehead atoms. The summed E-state index contributed by atoms with van der Waals surface area (Å²) in [5.41, 5.74) is 1.42. The van der Waals surface area contributed by atoms with Crippen molar-refractivity contribution in [2.24, 2.45) is 0 Å². The fourth-order valence-corrected chi connectivity index (χ4v) is 3.17. The van der Waals surface area contributed by atoms with Crippen molar-refractivity contribution in [3.8, 4) is 0 Å². The maximum atomic E-state index is 5.86. The zero-order chi connectivity index (χ0) is 14.9. The van der Waals surface area contributed by atoms with E-state index in [0.29, 0.717) is 12.1 Å². The summed E-state index contributed by atoms with van der Waals surface area (Å²) in [5.74, 6) is 0. The Kier molecular flexibility index (Phi) is 7.20. The molecule has 0 saturated carbocycles. The Morgan fingerprint density at radius 1 is 1.29 bits per heavy atom. The summed E-state index contributed by atoms with van der Waals surface area (Å²) < 4.78 is 5.86. The fraction of sp³-hybridized carbons (Fsp3) is 0.667. The summed E-state index contributed by atoms with van der Waals surface area (Å²) in [6, 6.07) is 11.4. The van der Waals surface area contributed by atoms with Gasteiger partial charge in [0.2, 0.25) is 0 Å². The van der Waals surface area contributed by atoms with Crippen LogP contribution in [0.1, 0.15) is 44.7 Å². The molecule has 118 valence electrons. The highest BCUT2D eigenvalue weighted by atomic mass is 16.5. The minimum atomic E-state index is 0.404. The molecular weight excluding hydrogens is 260 g/mol. The monoisotopic (exact) mass is 290 g/mol. The minimum absolute atomic E-state index is 0.404. The highest BCUT2D eigenvalue weighted by Crippen LogP contribution is 2.25. The molecule has 0 amide bonds. The molecule has 1 aromatic rings. The van der Waals surface area contributed by atoms with Crippen LogP contribution in [-0.2, 0) is 4.74 Å². The van der Waals surface area contributed by atoms with Gasteiger partial charge in [0.25, 0.3) is 0 Å². The number of likely N-dealkylation sites (tertiary alicyclic amines) is 1. The fourth-order valence-electron chi connectivity index (χ4n) is 3.17. The molecule has 0 aliphatic carbocycles. The number of nitrogens with zero attached hydrogens (tertiary/aromatic N) is 1. The SMILES string of the molecule is CCCNCC(c1ccccc1)N1CCCC(OCC)C1. The molecule has 3 nitrogen and oxygen atoms in total. The average molecular weight is 290 g/mol. The molecule has 2 rings (SSSR count). The molecule has 2 unspecified atom stereocenters. The first-order chi connectivity index (χ1) is 10.3. The largest absolute Gasteiger partial charge is 0.377 e. The third kappa shape index (κ3) is 5.10. The average Bonchev–Trinajstić information content (AvgIpc) is 2.53. The second kappa shape index (κ2) is 9.19. The molecule has 1 aliphatic heterocycles. The quantitative estimate of drug-likeness (QED) is 0.744. The summed E-state index contributed by atoms with van der Waals surface area (Å²) >= 11 is 0. The maximum absolute atomic E-state index is 5.86. The first-order valence-corrected chi connectivity index (χ1v) is 8.46. The second-order valence-corrected chi connectivity index (χ2v) is 5.85. The Bertz CT molecular complexity index is 380. The topological polar surface area (TPSA) is 24.5 Å². The van der Waals surface area contributed by atoms with Crippen LogP contribution in [0, 0.1) is 0 Å². The van der Waals surface area contributed by atoms with Crippen molar-refractivity contribution in [3.05, 3.63) is 35.9 Å². The van der Waals surface area contributed by atoms with Gasteiger partial charge in [-0.3, -0.25) is 4.90 Å². The zero-order valence-electron chi connectivity index (χ0n) is 13.6. The molecule has 21 heavy (non-hydrogen) atoms. The van der Waals surface area contributed by atoms with Crippen LogP contribution in [0.3, 0.4) is 0 Å². The Balaban J connectivity index is 2.03. The van der Waals surface area contributed by atoms with Crippen molar-refractivity contribution < 1.29 is 4.74 Å². The smallest absolute Gasteiger partial charge is 0.0702 e. The number of benzene rings is 1. The van der Waals surface area contributed by atoms with E-state index in [1.54, 1.807) is 0 Å². The third-order valence-corrected chi connectivity index (χ3v) is 4.20. The molecule has 1 heterocycles. The molecular formula is C18H30N2O. The van der Waals surface area contributed by atoms with E-state index in [9.17, 15) is 0 Å². The van der Waals surface area contributed by atoms with Gasteiger partial charge in [0, 0.05) is 25.7 Å². The highest BCUT2D eigenvalue weighted by molar-refractivity contribution is 5.19. The summed E-state index contributed by atoms with van der Waals surface area (Å²) in [6.45, 7) is 9.48. The van der Waals surface area contributed by atoms with Gasteiger partial charge >= 0.3 is 0 Å². The minimum Gasteiger partial charge on any atom is -0.377 e. The van der Waals surface area contributed by atoms with Crippen molar-refractivity contribution in [2.45, 2.75) is 45.3 Å². The van der Waals surface area contributed by atoms with Crippen LogP contribution in [0.25, 0.3) is 0 Å². The van der Waals surface area contributed by atoms with Gasteiger partial charge in [0.1, 0.15) is 0 Å². The van der Waals surface area contributed by atoms with Gasteiger partial charge in [0.05, 0.1) is 6.10 Å². The lowest BCUT2D eigenvalue weighted by Crippen LogP contribution is -2.44. The molecule has 1 saturated heterocycles. The lowest BCUT2D eigenvalue weighted by Gasteiger charge is -2.38. The van der Waals surface area contributed by atoms with E-state index in [1.165, 1.54) is 31.4 Å². The normalized spacial score (nSPS) is 21.3. The van der Waals surface area contributed by atoms with Crippen LogP contribution >= 0.6 is 0 Å². The second-order valence-electron chi connectivity index (χ2n) is 5.85. The number of hydrogen-bond acceptors (Lipinski definition) is 3. The highest BCUT2D eigenvalue weighted by Gasteiger charge is 2.26. The van der Waals surface area contributed by atoms with Gasteiger partial charge in [0.15, 0.2) is 0 Å². The van der Waals surface area contributed by atoms with Gasteiger partial charge in [-0.25, -0.2) is 0 Å². The molecule has 2 atom stereocenters. The number of nitrogens with one attached hydrogen (secondary N) is 1. The predicted octanol–water partition coefficient (Wildman–Crippen LogP) is 3.23. The molecule has 0 aromatic heterocycles. The molecule has 0 spiro atoms. The standard InChI is InChI=1S/C18H30N2O/c1-3-12-19-14-18(16-9-6-5-7-10-16)20-13-8-11-17(15-20)21-4-2/h5-7,9-10,17-19H,3-4,8,11-15H2,1-2H3. The molecule has 1 aliphatic rings. The van der Waals surface area contributed by atoms with E-state index in [4.69, 9.17) is 4.74 Å². The summed E-state index contributed by atoms with van der Waals surface area (Å²) in [5, 5.41) is 3.60. The molecule has 1 aromatic carbocycles. The molecule has 1 fully saturated rings. The lowest BCUT2D eigenvalue weighted by atomic mass is 10.0. The van der Waals surface area contributed by atoms with Gasteiger partial charge in [-0.2, -0.15) is 0 Å². The van der Waals surface area contributed by atoms with Gasteiger partial charge in [-0.1, -0.05) is 37.3 Å². The van der Waals surface area contributed by atoms with Crippen molar-refractivity contribution in [2.75, 3.05) is 32.8 Å². The molecule has 1 N–H and O–H groups in total. The Morgan fingerprint density at radius 3 is 2.81 bits per heavy atom. The van der Waals surface area contributed by atoms with Crippen LogP contribution in [0.2, 0.25) is 0 Å². The predicted molar refractivity (Wildman–Crippen MR) is 88.6 cm³/mol. The summed E-state index contributed by atoms with van der Waals surface area (Å²) in [4.78, 5) is 2.60. The third-order valence-electron chi connectivity index (χ3n) is 4.20. The van der Waals surface area contributed by atoms with E-state index < -0.39 is 0 Å². The van der Waals surface area contributed by atoms with Crippen LogP contribution in [0.4, 0.5) is 0 Å².